The van der Waals surface area contributed by atoms with Crippen LogP contribution in [0.3, 0.4) is 0 Å². The van der Waals surface area contributed by atoms with Crippen LogP contribution in [0, 0.1) is 0 Å². The minimum atomic E-state index is -0.185. The molecular weight excluding hydrogens is 370 g/mol. The summed E-state index contributed by atoms with van der Waals surface area (Å²) in [5.74, 6) is 0.572. The predicted molar refractivity (Wildman–Crippen MR) is 109 cm³/mol. The zero-order chi connectivity index (χ0) is 20.4. The van der Waals surface area contributed by atoms with Crippen molar-refractivity contribution >= 4 is 17.2 Å². The summed E-state index contributed by atoms with van der Waals surface area (Å²) in [6, 6.07) is 5.77. The lowest BCUT2D eigenvalue weighted by atomic mass is 9.91. The van der Waals surface area contributed by atoms with Gasteiger partial charge >= 0.3 is 0 Å². The lowest BCUT2D eigenvalue weighted by molar-refractivity contribution is 0.0927. The van der Waals surface area contributed by atoms with Crippen LogP contribution in [0.25, 0.3) is 16.8 Å². The molecule has 29 heavy (non-hydrogen) atoms. The van der Waals surface area contributed by atoms with E-state index in [1.807, 2.05) is 19.1 Å². The summed E-state index contributed by atoms with van der Waals surface area (Å²) in [7, 11) is 0. The fourth-order valence-electron chi connectivity index (χ4n) is 3.77. The third kappa shape index (κ3) is 3.86. The maximum absolute atomic E-state index is 13.1. The molecular formula is C20H25N7O2. The molecule has 9 heteroatoms. The Labute approximate surface area is 168 Å². The monoisotopic (exact) mass is 395 g/mol. The predicted octanol–water partition coefficient (Wildman–Crippen LogP) is 1.77. The van der Waals surface area contributed by atoms with Gasteiger partial charge in [-0.15, -0.1) is 0 Å². The van der Waals surface area contributed by atoms with E-state index >= 15 is 0 Å². The lowest BCUT2D eigenvalue weighted by Crippen LogP contribution is -2.40. The number of rotatable bonds is 5. The molecule has 0 spiro atoms. The summed E-state index contributed by atoms with van der Waals surface area (Å²) in [4.78, 5) is 21.3. The third-order valence-electron chi connectivity index (χ3n) is 5.26. The molecule has 0 unspecified atom stereocenters. The van der Waals surface area contributed by atoms with Crippen LogP contribution < -0.4 is 21.5 Å². The van der Waals surface area contributed by atoms with Gasteiger partial charge < -0.3 is 21.5 Å². The van der Waals surface area contributed by atoms with E-state index in [1.54, 1.807) is 16.8 Å². The standard InChI is InChI=1S/C20H25N7O2/c1-2-29-17-9-12(7-8-23-17)16-10-15(18-19(22)24-11-25-27(16)18)20(28)26-14-5-3-13(21)4-6-14/h7-11,13-14H,2-6,21H2,1H3,(H,26,28)(H2,22,24,25)/t13-,14-. The molecule has 5 N–H and O–H groups in total. The normalized spacial score (nSPS) is 19.2. The Kier molecular flexibility index (Phi) is 5.30. The van der Waals surface area contributed by atoms with Gasteiger partial charge in [-0.2, -0.15) is 5.10 Å². The number of hydrogen-bond donors (Lipinski definition) is 3. The average Bonchev–Trinajstić information content (AvgIpc) is 3.11. The summed E-state index contributed by atoms with van der Waals surface area (Å²) in [5.41, 5.74) is 14.5. The molecule has 1 amide bonds. The number of carbonyl (C=O) groups excluding carboxylic acids is 1. The fraction of sp³-hybridized carbons (Fsp3) is 0.400. The molecule has 3 heterocycles. The van der Waals surface area contributed by atoms with Crippen molar-refractivity contribution in [3.05, 3.63) is 36.3 Å². The molecule has 1 saturated carbocycles. The number of aromatic nitrogens is 4. The minimum absolute atomic E-state index is 0.108. The van der Waals surface area contributed by atoms with Crippen LogP contribution >= 0.6 is 0 Å². The van der Waals surface area contributed by atoms with E-state index in [0.29, 0.717) is 29.3 Å². The van der Waals surface area contributed by atoms with Crippen molar-refractivity contribution in [2.75, 3.05) is 12.3 Å². The maximum Gasteiger partial charge on any atom is 0.253 e. The highest BCUT2D eigenvalue weighted by molar-refractivity contribution is 6.05. The number of nitrogens with zero attached hydrogens (tertiary/aromatic N) is 4. The Morgan fingerprint density at radius 3 is 2.83 bits per heavy atom. The minimum Gasteiger partial charge on any atom is -0.478 e. The number of fused-ring (bicyclic) bond motifs is 1. The molecule has 1 aliphatic rings. The zero-order valence-corrected chi connectivity index (χ0v) is 16.3. The molecule has 0 radical (unpaired) electrons. The second-order valence-corrected chi connectivity index (χ2v) is 7.25. The number of hydrogen-bond acceptors (Lipinski definition) is 7. The van der Waals surface area contributed by atoms with Gasteiger partial charge in [0.25, 0.3) is 5.91 Å². The van der Waals surface area contributed by atoms with E-state index in [1.165, 1.54) is 6.33 Å². The van der Waals surface area contributed by atoms with Gasteiger partial charge in [-0.3, -0.25) is 4.79 Å². The molecule has 0 atom stereocenters. The quantitative estimate of drug-likeness (QED) is 0.599. The van der Waals surface area contributed by atoms with Crippen molar-refractivity contribution in [2.24, 2.45) is 5.73 Å². The molecule has 1 aliphatic carbocycles. The molecule has 4 rings (SSSR count). The molecule has 0 aliphatic heterocycles. The Balaban J connectivity index is 1.72. The maximum atomic E-state index is 13.1. The highest BCUT2D eigenvalue weighted by Crippen LogP contribution is 2.29. The molecule has 3 aromatic rings. The van der Waals surface area contributed by atoms with Crippen LogP contribution in [0.4, 0.5) is 5.82 Å². The highest BCUT2D eigenvalue weighted by atomic mass is 16.5. The summed E-state index contributed by atoms with van der Waals surface area (Å²) >= 11 is 0. The van der Waals surface area contributed by atoms with E-state index in [0.717, 1.165) is 31.2 Å². The summed E-state index contributed by atoms with van der Waals surface area (Å²) in [5, 5.41) is 7.44. The van der Waals surface area contributed by atoms with Crippen LogP contribution in [-0.2, 0) is 0 Å². The largest absolute Gasteiger partial charge is 0.478 e. The van der Waals surface area contributed by atoms with Gasteiger partial charge in [0.05, 0.1) is 17.9 Å². The number of nitrogens with two attached hydrogens (primary N) is 2. The van der Waals surface area contributed by atoms with Crippen LogP contribution in [0.15, 0.2) is 30.7 Å². The van der Waals surface area contributed by atoms with E-state index in [9.17, 15) is 4.79 Å². The van der Waals surface area contributed by atoms with Crippen molar-refractivity contribution < 1.29 is 9.53 Å². The summed E-state index contributed by atoms with van der Waals surface area (Å²) in [6.07, 6.45) is 6.61. The first-order chi connectivity index (χ1) is 14.1. The first-order valence-electron chi connectivity index (χ1n) is 9.84. The first-order valence-corrected chi connectivity index (χ1v) is 9.84. The lowest BCUT2D eigenvalue weighted by Gasteiger charge is -2.26. The number of amides is 1. The fourth-order valence-corrected chi connectivity index (χ4v) is 3.77. The van der Waals surface area contributed by atoms with Crippen molar-refractivity contribution in [2.45, 2.75) is 44.7 Å². The topological polar surface area (TPSA) is 133 Å². The smallest absolute Gasteiger partial charge is 0.253 e. The second kappa shape index (κ2) is 8.04. The number of anilines is 1. The first kappa shape index (κ1) is 19.1. The Morgan fingerprint density at radius 1 is 1.28 bits per heavy atom. The van der Waals surface area contributed by atoms with Gasteiger partial charge in [-0.05, 0) is 44.7 Å². The number of nitrogen functional groups attached to an aromatic ring is 1. The Hall–Kier alpha value is -3.20. The second-order valence-electron chi connectivity index (χ2n) is 7.25. The number of pyridine rings is 1. The Bertz CT molecular complexity index is 1020. The van der Waals surface area contributed by atoms with Crippen LogP contribution in [0.1, 0.15) is 43.0 Å². The van der Waals surface area contributed by atoms with Gasteiger partial charge in [0.15, 0.2) is 5.82 Å². The molecule has 1 fully saturated rings. The SMILES string of the molecule is CCOc1cc(-c2cc(C(=O)N[C@H]3CC[C@H](N)CC3)c3c(N)ncnn23)ccn1. The van der Waals surface area contributed by atoms with Gasteiger partial charge in [-0.1, -0.05) is 0 Å². The molecule has 0 aromatic carbocycles. The van der Waals surface area contributed by atoms with Crippen LogP contribution in [0.2, 0.25) is 0 Å². The van der Waals surface area contributed by atoms with E-state index in [4.69, 9.17) is 16.2 Å². The van der Waals surface area contributed by atoms with Gasteiger partial charge in [0, 0.05) is 29.9 Å². The van der Waals surface area contributed by atoms with Crippen molar-refractivity contribution in [1.82, 2.24) is 24.9 Å². The molecule has 0 bridgehead atoms. The molecule has 9 nitrogen and oxygen atoms in total. The molecule has 152 valence electrons. The van der Waals surface area contributed by atoms with Crippen molar-refractivity contribution in [3.63, 3.8) is 0 Å². The number of carbonyl (C=O) groups is 1. The Morgan fingerprint density at radius 2 is 2.07 bits per heavy atom. The average molecular weight is 395 g/mol. The van der Waals surface area contributed by atoms with E-state index in [-0.39, 0.29) is 23.8 Å². The number of nitrogens with one attached hydrogen (secondary N) is 1. The number of ether oxygens (including phenoxy) is 1. The van der Waals surface area contributed by atoms with Crippen LogP contribution in [0.5, 0.6) is 5.88 Å². The van der Waals surface area contributed by atoms with Gasteiger partial charge in [0.2, 0.25) is 5.88 Å². The molecule has 3 aromatic heterocycles. The summed E-state index contributed by atoms with van der Waals surface area (Å²) < 4.78 is 7.14. The van der Waals surface area contributed by atoms with E-state index in [2.05, 4.69) is 20.4 Å². The van der Waals surface area contributed by atoms with Crippen molar-refractivity contribution in [1.29, 1.82) is 0 Å². The molecule has 0 saturated heterocycles. The van der Waals surface area contributed by atoms with Gasteiger partial charge in [0.1, 0.15) is 11.8 Å². The highest BCUT2D eigenvalue weighted by Gasteiger charge is 2.24. The van der Waals surface area contributed by atoms with E-state index < -0.39 is 0 Å². The van der Waals surface area contributed by atoms with Gasteiger partial charge in [-0.25, -0.2) is 14.5 Å². The van der Waals surface area contributed by atoms with Crippen molar-refractivity contribution in [3.8, 4) is 17.1 Å². The van der Waals surface area contributed by atoms with Crippen LogP contribution in [-0.4, -0.2) is 44.2 Å². The summed E-state index contributed by atoms with van der Waals surface area (Å²) in [6.45, 7) is 2.41. The zero-order valence-electron chi connectivity index (χ0n) is 16.3. The third-order valence-corrected chi connectivity index (χ3v) is 5.26.